The Hall–Kier alpha value is -0.550. The van der Waals surface area contributed by atoms with Gasteiger partial charge in [-0.1, -0.05) is 27.5 Å². The van der Waals surface area contributed by atoms with E-state index in [0.29, 0.717) is 0 Å². The second-order valence-electron chi connectivity index (χ2n) is 3.15. The maximum absolute atomic E-state index is 12.6. The van der Waals surface area contributed by atoms with Crippen molar-refractivity contribution in [1.82, 2.24) is 0 Å². The standard InChI is InChI=1S/C10H7BrClF3O/c1-5-7(12)3-2-6(10(13,14)15)9(5)8(16)4-11/h2-3H,4H2,1H3. The molecule has 0 amide bonds. The molecule has 0 radical (unpaired) electrons. The normalized spacial score (nSPS) is 11.6. The van der Waals surface area contributed by atoms with Crippen LogP contribution in [0.4, 0.5) is 13.2 Å². The fraction of sp³-hybridized carbons (Fsp3) is 0.300. The van der Waals surface area contributed by atoms with Crippen LogP contribution in [0.2, 0.25) is 5.02 Å². The zero-order chi connectivity index (χ0) is 12.5. The molecule has 0 N–H and O–H groups in total. The number of rotatable bonds is 2. The molecule has 0 aliphatic carbocycles. The molecule has 1 aromatic rings. The number of hydrogen-bond donors (Lipinski definition) is 0. The van der Waals surface area contributed by atoms with Gasteiger partial charge in [0.05, 0.1) is 10.9 Å². The zero-order valence-corrected chi connectivity index (χ0v) is 10.5. The lowest BCUT2D eigenvalue weighted by Crippen LogP contribution is -2.15. The zero-order valence-electron chi connectivity index (χ0n) is 8.16. The number of carbonyl (C=O) groups excluding carboxylic acids is 1. The number of benzene rings is 1. The van der Waals surface area contributed by atoms with Crippen LogP contribution in [0.15, 0.2) is 12.1 Å². The number of carbonyl (C=O) groups is 1. The SMILES string of the molecule is Cc1c(Cl)ccc(C(F)(F)F)c1C(=O)CBr. The number of hydrogen-bond acceptors (Lipinski definition) is 1. The molecule has 0 atom stereocenters. The Bertz CT molecular complexity index is 429. The van der Waals surface area contributed by atoms with Crippen LogP contribution in [-0.2, 0) is 6.18 Å². The van der Waals surface area contributed by atoms with Crippen LogP contribution >= 0.6 is 27.5 Å². The lowest BCUT2D eigenvalue weighted by Gasteiger charge is -2.14. The summed E-state index contributed by atoms with van der Waals surface area (Å²) in [6, 6.07) is 1.97. The van der Waals surface area contributed by atoms with Gasteiger partial charge in [-0.25, -0.2) is 0 Å². The van der Waals surface area contributed by atoms with Crippen molar-refractivity contribution >= 4 is 33.3 Å². The number of Topliss-reactive ketones (excluding diaryl/α,β-unsaturated/α-hetero) is 1. The number of ketones is 1. The van der Waals surface area contributed by atoms with Crippen molar-refractivity contribution < 1.29 is 18.0 Å². The fourth-order valence-corrected chi connectivity index (χ4v) is 1.79. The maximum atomic E-state index is 12.6. The van der Waals surface area contributed by atoms with Crippen molar-refractivity contribution in [3.63, 3.8) is 0 Å². The Morgan fingerprint density at radius 3 is 2.44 bits per heavy atom. The van der Waals surface area contributed by atoms with Gasteiger partial charge in [-0.3, -0.25) is 4.79 Å². The minimum Gasteiger partial charge on any atom is -0.293 e. The highest BCUT2D eigenvalue weighted by Gasteiger charge is 2.36. The first-order valence-corrected chi connectivity index (χ1v) is 5.74. The van der Waals surface area contributed by atoms with Gasteiger partial charge in [-0.15, -0.1) is 0 Å². The molecule has 0 aliphatic heterocycles. The van der Waals surface area contributed by atoms with E-state index in [9.17, 15) is 18.0 Å². The molecular weight excluding hydrogens is 308 g/mol. The van der Waals surface area contributed by atoms with E-state index < -0.39 is 17.5 Å². The number of halogens is 5. The van der Waals surface area contributed by atoms with Crippen molar-refractivity contribution in [2.75, 3.05) is 5.33 Å². The molecule has 0 aromatic heterocycles. The number of alkyl halides is 4. The molecule has 0 saturated heterocycles. The van der Waals surface area contributed by atoms with E-state index in [4.69, 9.17) is 11.6 Å². The second-order valence-corrected chi connectivity index (χ2v) is 4.12. The second kappa shape index (κ2) is 4.75. The summed E-state index contributed by atoms with van der Waals surface area (Å²) in [5, 5.41) is -0.0191. The van der Waals surface area contributed by atoms with E-state index in [2.05, 4.69) is 15.9 Å². The summed E-state index contributed by atoms with van der Waals surface area (Å²) in [4.78, 5) is 11.4. The summed E-state index contributed by atoms with van der Waals surface area (Å²) in [6.45, 7) is 1.40. The maximum Gasteiger partial charge on any atom is 0.417 e. The van der Waals surface area contributed by atoms with Crippen molar-refractivity contribution in [3.05, 3.63) is 33.8 Å². The lowest BCUT2D eigenvalue weighted by atomic mass is 9.98. The Kier molecular flexibility index (Phi) is 4.02. The summed E-state index contributed by atoms with van der Waals surface area (Å²) in [7, 11) is 0. The summed E-state index contributed by atoms with van der Waals surface area (Å²) in [5.74, 6) is -0.632. The van der Waals surface area contributed by atoms with Crippen LogP contribution in [0.1, 0.15) is 21.5 Å². The average Bonchev–Trinajstić information content (AvgIpc) is 2.19. The topological polar surface area (TPSA) is 17.1 Å². The first-order valence-electron chi connectivity index (χ1n) is 4.24. The predicted molar refractivity (Wildman–Crippen MR) is 59.3 cm³/mol. The van der Waals surface area contributed by atoms with Crippen LogP contribution < -0.4 is 0 Å². The largest absolute Gasteiger partial charge is 0.417 e. The molecule has 0 spiro atoms. The van der Waals surface area contributed by atoms with Gasteiger partial charge in [0.2, 0.25) is 0 Å². The average molecular weight is 316 g/mol. The first kappa shape index (κ1) is 13.5. The van der Waals surface area contributed by atoms with Gasteiger partial charge < -0.3 is 0 Å². The molecule has 0 aliphatic rings. The first-order chi connectivity index (χ1) is 7.29. The van der Waals surface area contributed by atoms with Gasteiger partial charge in [0.1, 0.15) is 0 Å². The van der Waals surface area contributed by atoms with Crippen LogP contribution in [0.3, 0.4) is 0 Å². The van der Waals surface area contributed by atoms with Crippen LogP contribution in [-0.4, -0.2) is 11.1 Å². The highest BCUT2D eigenvalue weighted by Crippen LogP contribution is 2.35. The van der Waals surface area contributed by atoms with Crippen molar-refractivity contribution in [1.29, 1.82) is 0 Å². The molecule has 0 bridgehead atoms. The highest BCUT2D eigenvalue weighted by atomic mass is 79.9. The van der Waals surface area contributed by atoms with Crippen LogP contribution in [0.25, 0.3) is 0 Å². The Labute approximate surface area is 104 Å². The lowest BCUT2D eigenvalue weighted by molar-refractivity contribution is -0.137. The summed E-state index contributed by atoms with van der Waals surface area (Å²) in [6.07, 6.45) is -4.55. The highest BCUT2D eigenvalue weighted by molar-refractivity contribution is 9.09. The molecular formula is C10H7BrClF3O. The third kappa shape index (κ3) is 2.58. The quantitative estimate of drug-likeness (QED) is 0.589. The van der Waals surface area contributed by atoms with E-state index in [-0.39, 0.29) is 21.5 Å². The van der Waals surface area contributed by atoms with Gasteiger partial charge in [0, 0.05) is 10.6 Å². The van der Waals surface area contributed by atoms with E-state index in [1.54, 1.807) is 0 Å². The third-order valence-corrected chi connectivity index (χ3v) is 3.02. The monoisotopic (exact) mass is 314 g/mol. The van der Waals surface area contributed by atoms with Gasteiger partial charge in [-0.2, -0.15) is 13.2 Å². The Balaban J connectivity index is 3.51. The summed E-state index contributed by atoms with van der Waals surface area (Å²) >= 11 is 8.55. The van der Waals surface area contributed by atoms with Gasteiger partial charge in [0.15, 0.2) is 5.78 Å². The van der Waals surface area contributed by atoms with Crippen LogP contribution in [0, 0.1) is 6.92 Å². The molecule has 1 aromatic carbocycles. The minimum absolute atomic E-state index is 0.150. The Morgan fingerprint density at radius 2 is 2.00 bits per heavy atom. The molecule has 6 heteroatoms. The summed E-state index contributed by atoms with van der Waals surface area (Å²) < 4.78 is 37.9. The molecule has 1 rings (SSSR count). The Morgan fingerprint density at radius 1 is 1.44 bits per heavy atom. The van der Waals surface area contributed by atoms with E-state index >= 15 is 0 Å². The molecule has 16 heavy (non-hydrogen) atoms. The van der Waals surface area contributed by atoms with Crippen molar-refractivity contribution in [3.8, 4) is 0 Å². The smallest absolute Gasteiger partial charge is 0.293 e. The summed E-state index contributed by atoms with van der Waals surface area (Å²) in [5.41, 5.74) is -1.16. The van der Waals surface area contributed by atoms with Crippen molar-refractivity contribution in [2.45, 2.75) is 13.1 Å². The van der Waals surface area contributed by atoms with E-state index in [1.807, 2.05) is 0 Å². The van der Waals surface area contributed by atoms with Crippen molar-refractivity contribution in [2.24, 2.45) is 0 Å². The molecule has 1 nitrogen and oxygen atoms in total. The van der Waals surface area contributed by atoms with Gasteiger partial charge >= 0.3 is 6.18 Å². The van der Waals surface area contributed by atoms with Gasteiger partial charge in [-0.05, 0) is 24.6 Å². The van der Waals surface area contributed by atoms with Crippen LogP contribution in [0.5, 0.6) is 0 Å². The molecule has 0 unspecified atom stereocenters. The van der Waals surface area contributed by atoms with Gasteiger partial charge in [0.25, 0.3) is 0 Å². The molecule has 0 fully saturated rings. The molecule has 0 heterocycles. The molecule has 88 valence electrons. The minimum atomic E-state index is -4.55. The van der Waals surface area contributed by atoms with E-state index in [1.165, 1.54) is 6.92 Å². The molecule has 0 saturated carbocycles. The third-order valence-electron chi connectivity index (χ3n) is 2.10. The fourth-order valence-electron chi connectivity index (χ4n) is 1.35. The van der Waals surface area contributed by atoms with E-state index in [0.717, 1.165) is 12.1 Å². The predicted octanol–water partition coefficient (Wildman–Crippen LogP) is 4.24.